The molecule has 2 N–H and O–H groups in total. The fourth-order valence-corrected chi connectivity index (χ4v) is 3.62. The number of fused-ring (bicyclic) bond motifs is 1. The molecule has 0 aliphatic carbocycles. The van der Waals surface area contributed by atoms with E-state index in [4.69, 9.17) is 9.47 Å². The van der Waals surface area contributed by atoms with Gasteiger partial charge in [-0.25, -0.2) is 4.79 Å². The molecule has 146 valence electrons. The molecule has 2 aromatic carbocycles. The van der Waals surface area contributed by atoms with E-state index in [9.17, 15) is 9.59 Å². The summed E-state index contributed by atoms with van der Waals surface area (Å²) in [5, 5.41) is 5.53. The molecule has 0 aromatic heterocycles. The maximum absolute atomic E-state index is 12.8. The number of nitrogens with zero attached hydrogens (tertiary/aromatic N) is 1. The predicted octanol–water partition coefficient (Wildman–Crippen LogP) is 3.00. The number of benzene rings is 2. The van der Waals surface area contributed by atoms with Crippen molar-refractivity contribution in [3.8, 4) is 11.5 Å². The molecule has 28 heavy (non-hydrogen) atoms. The Morgan fingerprint density at radius 1 is 1.04 bits per heavy atom. The van der Waals surface area contributed by atoms with Crippen LogP contribution in [0.3, 0.4) is 0 Å². The highest BCUT2D eigenvalue weighted by Crippen LogP contribution is 2.32. The van der Waals surface area contributed by atoms with E-state index in [1.165, 1.54) is 0 Å². The van der Waals surface area contributed by atoms with E-state index in [0.29, 0.717) is 43.4 Å². The summed E-state index contributed by atoms with van der Waals surface area (Å²) in [6.45, 7) is 5.59. The summed E-state index contributed by atoms with van der Waals surface area (Å²) in [5.74, 6) is 1.16. The molecular formula is C21H23N3O4. The fraction of sp³-hybridized carbons (Fsp3) is 0.333. The van der Waals surface area contributed by atoms with Crippen LogP contribution >= 0.6 is 0 Å². The second kappa shape index (κ2) is 7.42. The first kappa shape index (κ1) is 18.2. The van der Waals surface area contributed by atoms with Gasteiger partial charge < -0.3 is 25.0 Å². The van der Waals surface area contributed by atoms with Gasteiger partial charge in [-0.05, 0) is 55.7 Å². The minimum atomic E-state index is -0.543. The molecule has 0 unspecified atom stereocenters. The largest absolute Gasteiger partial charge is 0.486 e. The molecule has 2 aliphatic rings. The molecular weight excluding hydrogens is 358 g/mol. The highest BCUT2D eigenvalue weighted by Gasteiger charge is 2.33. The van der Waals surface area contributed by atoms with Crippen molar-refractivity contribution < 1.29 is 19.1 Å². The molecule has 7 nitrogen and oxygen atoms in total. The van der Waals surface area contributed by atoms with Crippen molar-refractivity contribution in [2.75, 3.05) is 30.0 Å². The summed E-state index contributed by atoms with van der Waals surface area (Å²) >= 11 is 0. The van der Waals surface area contributed by atoms with Gasteiger partial charge in [-0.15, -0.1) is 0 Å². The van der Waals surface area contributed by atoms with E-state index in [0.717, 1.165) is 16.8 Å². The Morgan fingerprint density at radius 3 is 2.50 bits per heavy atom. The van der Waals surface area contributed by atoms with Crippen LogP contribution in [-0.2, 0) is 4.79 Å². The smallest absolute Gasteiger partial charge is 0.319 e. The van der Waals surface area contributed by atoms with Crippen LogP contribution in [0.4, 0.5) is 16.2 Å². The van der Waals surface area contributed by atoms with Crippen molar-refractivity contribution in [3.63, 3.8) is 0 Å². The Kier molecular flexibility index (Phi) is 4.81. The van der Waals surface area contributed by atoms with Crippen molar-refractivity contribution in [2.24, 2.45) is 0 Å². The zero-order valence-corrected chi connectivity index (χ0v) is 16.0. The molecule has 2 aliphatic heterocycles. The first-order chi connectivity index (χ1) is 13.5. The van der Waals surface area contributed by atoms with E-state index in [1.54, 1.807) is 23.1 Å². The molecule has 0 spiro atoms. The van der Waals surface area contributed by atoms with Crippen molar-refractivity contribution >= 4 is 23.3 Å². The Bertz CT molecular complexity index is 908. The maximum Gasteiger partial charge on any atom is 0.319 e. The number of anilines is 2. The number of urea groups is 1. The van der Waals surface area contributed by atoms with Gasteiger partial charge in [-0.3, -0.25) is 4.79 Å². The van der Waals surface area contributed by atoms with Gasteiger partial charge in [-0.1, -0.05) is 6.07 Å². The summed E-state index contributed by atoms with van der Waals surface area (Å²) < 4.78 is 11.0. The van der Waals surface area contributed by atoms with E-state index in [-0.39, 0.29) is 5.91 Å². The van der Waals surface area contributed by atoms with Crippen LogP contribution in [0.2, 0.25) is 0 Å². The van der Waals surface area contributed by atoms with E-state index in [1.807, 2.05) is 26.0 Å². The number of rotatable bonds is 3. The lowest BCUT2D eigenvalue weighted by molar-refractivity contribution is -0.118. The maximum atomic E-state index is 12.8. The fourth-order valence-electron chi connectivity index (χ4n) is 3.62. The molecule has 3 amide bonds. The highest BCUT2D eigenvalue weighted by molar-refractivity contribution is 6.02. The molecule has 4 rings (SSSR count). The standard InChI is InChI=1S/C21H23N3O4/c1-13-9-14(2)11-16(10-13)24-6-5-17(20(24)25)23-21(26)22-15-3-4-18-19(12-15)28-8-7-27-18/h3-4,9-12,17H,5-8H2,1-2H3,(H2,22,23,26)/t17-/m0/s1. The van der Waals surface area contributed by atoms with Crippen molar-refractivity contribution in [3.05, 3.63) is 47.5 Å². The third kappa shape index (κ3) is 3.74. The zero-order chi connectivity index (χ0) is 19.7. The average molecular weight is 381 g/mol. The van der Waals surface area contributed by atoms with Gasteiger partial charge in [-0.2, -0.15) is 0 Å². The molecule has 1 saturated heterocycles. The SMILES string of the molecule is Cc1cc(C)cc(N2CC[C@H](NC(=O)Nc3ccc4c(c3)OCCO4)C2=O)c1. The van der Waals surface area contributed by atoms with Crippen LogP contribution < -0.4 is 25.0 Å². The van der Waals surface area contributed by atoms with E-state index < -0.39 is 12.1 Å². The number of amides is 3. The molecule has 0 saturated carbocycles. The van der Waals surface area contributed by atoms with Gasteiger partial charge in [0.05, 0.1) is 0 Å². The topological polar surface area (TPSA) is 79.9 Å². The second-order valence-corrected chi connectivity index (χ2v) is 7.13. The Balaban J connectivity index is 1.39. The van der Waals surface area contributed by atoms with E-state index >= 15 is 0 Å². The number of ether oxygens (including phenoxy) is 2. The Morgan fingerprint density at radius 2 is 1.75 bits per heavy atom. The summed E-state index contributed by atoms with van der Waals surface area (Å²) in [6, 6.07) is 10.3. The van der Waals surface area contributed by atoms with Crippen LogP contribution in [0.15, 0.2) is 36.4 Å². The number of hydrogen-bond acceptors (Lipinski definition) is 4. The Labute approximate surface area is 163 Å². The highest BCUT2D eigenvalue weighted by atomic mass is 16.6. The number of carbonyl (C=O) groups excluding carboxylic acids is 2. The number of carbonyl (C=O) groups is 2. The molecule has 1 fully saturated rings. The van der Waals surface area contributed by atoms with Gasteiger partial charge in [0.1, 0.15) is 19.3 Å². The van der Waals surface area contributed by atoms with Gasteiger partial charge in [0.25, 0.3) is 0 Å². The Hall–Kier alpha value is -3.22. The second-order valence-electron chi connectivity index (χ2n) is 7.13. The van der Waals surface area contributed by atoms with Crippen molar-refractivity contribution in [1.29, 1.82) is 0 Å². The van der Waals surface area contributed by atoms with Crippen LogP contribution in [0, 0.1) is 13.8 Å². The lowest BCUT2D eigenvalue weighted by Crippen LogP contribution is -2.43. The van der Waals surface area contributed by atoms with Gasteiger partial charge in [0.15, 0.2) is 11.5 Å². The predicted molar refractivity (Wildman–Crippen MR) is 106 cm³/mol. The van der Waals surface area contributed by atoms with Gasteiger partial charge in [0.2, 0.25) is 5.91 Å². The summed E-state index contributed by atoms with van der Waals surface area (Å²) in [7, 11) is 0. The number of aryl methyl sites for hydroxylation is 2. The molecule has 1 atom stereocenters. The molecule has 0 bridgehead atoms. The number of nitrogens with one attached hydrogen (secondary N) is 2. The van der Waals surface area contributed by atoms with E-state index in [2.05, 4.69) is 16.7 Å². The van der Waals surface area contributed by atoms with Crippen LogP contribution in [0.5, 0.6) is 11.5 Å². The third-order valence-electron chi connectivity index (χ3n) is 4.83. The quantitative estimate of drug-likeness (QED) is 0.857. The monoisotopic (exact) mass is 381 g/mol. The molecule has 2 aromatic rings. The summed E-state index contributed by atoms with van der Waals surface area (Å²) in [4.78, 5) is 26.9. The average Bonchev–Trinajstić information content (AvgIpc) is 3.01. The third-order valence-corrected chi connectivity index (χ3v) is 4.83. The molecule has 7 heteroatoms. The van der Waals surface area contributed by atoms with Crippen LogP contribution in [-0.4, -0.2) is 37.7 Å². The van der Waals surface area contributed by atoms with Crippen LogP contribution in [0.1, 0.15) is 17.5 Å². The first-order valence-corrected chi connectivity index (χ1v) is 9.36. The molecule has 0 radical (unpaired) electrons. The number of hydrogen-bond donors (Lipinski definition) is 2. The van der Waals surface area contributed by atoms with Gasteiger partial charge >= 0.3 is 6.03 Å². The van der Waals surface area contributed by atoms with Crippen molar-refractivity contribution in [2.45, 2.75) is 26.3 Å². The summed E-state index contributed by atoms with van der Waals surface area (Å²) in [6.07, 6.45) is 0.570. The first-order valence-electron chi connectivity index (χ1n) is 9.36. The lowest BCUT2D eigenvalue weighted by atomic mass is 10.1. The van der Waals surface area contributed by atoms with Crippen molar-refractivity contribution in [1.82, 2.24) is 5.32 Å². The summed E-state index contributed by atoms with van der Waals surface area (Å²) in [5.41, 5.74) is 3.67. The molecule has 2 heterocycles. The van der Waals surface area contributed by atoms with Crippen LogP contribution in [0.25, 0.3) is 0 Å². The minimum absolute atomic E-state index is 0.0951. The zero-order valence-electron chi connectivity index (χ0n) is 16.0. The lowest BCUT2D eigenvalue weighted by Gasteiger charge is -2.20. The normalized spacial score (nSPS) is 18.1. The minimum Gasteiger partial charge on any atom is -0.486 e. The van der Waals surface area contributed by atoms with Gasteiger partial charge in [0, 0.05) is 24.0 Å².